The number of benzene rings is 1. The predicted molar refractivity (Wildman–Crippen MR) is 161 cm³/mol. The van der Waals surface area contributed by atoms with Gasteiger partial charge < -0.3 is 35.6 Å². The van der Waals surface area contributed by atoms with Gasteiger partial charge in [0.2, 0.25) is 11.9 Å². The lowest BCUT2D eigenvalue weighted by atomic mass is 10.0. The Balaban J connectivity index is 1.19. The number of fused-ring (bicyclic) bond motifs is 2. The van der Waals surface area contributed by atoms with Crippen molar-refractivity contribution in [2.45, 2.75) is 63.6 Å². The first-order chi connectivity index (χ1) is 20.4. The topological polar surface area (TPSA) is 135 Å². The van der Waals surface area contributed by atoms with Gasteiger partial charge in [0.15, 0.2) is 5.82 Å². The molecule has 1 saturated carbocycles. The summed E-state index contributed by atoms with van der Waals surface area (Å²) in [5.41, 5.74) is 2.79. The second kappa shape index (κ2) is 12.4. The van der Waals surface area contributed by atoms with E-state index in [-0.39, 0.29) is 30.4 Å². The summed E-state index contributed by atoms with van der Waals surface area (Å²) in [6, 6.07) is 3.65. The molecule has 4 N–H and O–H groups in total. The maximum atomic E-state index is 13.2. The second-order valence-electron chi connectivity index (χ2n) is 11.7. The maximum Gasteiger partial charge on any atom is 0.251 e. The highest BCUT2D eigenvalue weighted by Crippen LogP contribution is 2.41. The Morgan fingerprint density at radius 2 is 2.02 bits per heavy atom. The van der Waals surface area contributed by atoms with Crippen LogP contribution in [0.5, 0.6) is 5.75 Å². The van der Waals surface area contributed by atoms with Crippen molar-refractivity contribution in [3.05, 3.63) is 29.5 Å². The summed E-state index contributed by atoms with van der Waals surface area (Å²) in [4.78, 5) is 41.9. The number of piperazine rings is 1. The van der Waals surface area contributed by atoms with Crippen molar-refractivity contribution < 1.29 is 19.4 Å². The molecular weight excluding hydrogens is 536 g/mol. The molecule has 1 saturated heterocycles. The van der Waals surface area contributed by atoms with Crippen LogP contribution in [0.15, 0.2) is 18.3 Å². The monoisotopic (exact) mass is 578 g/mol. The Kier molecular flexibility index (Phi) is 8.45. The molecule has 4 heterocycles. The highest BCUT2D eigenvalue weighted by atomic mass is 16.5. The second-order valence-corrected chi connectivity index (χ2v) is 11.7. The number of nitrogens with zero attached hydrogens (tertiary/aromatic N) is 5. The number of likely N-dealkylation sites (N-methyl/N-ethyl adjacent to an activating group) is 1. The summed E-state index contributed by atoms with van der Waals surface area (Å²) < 4.78 is 5.98. The van der Waals surface area contributed by atoms with Gasteiger partial charge in [-0.1, -0.05) is 19.8 Å². The number of carbonyl (C=O) groups is 2. The van der Waals surface area contributed by atoms with E-state index in [0.29, 0.717) is 48.9 Å². The molecule has 0 bridgehead atoms. The van der Waals surface area contributed by atoms with E-state index in [1.807, 2.05) is 6.07 Å². The third-order valence-electron chi connectivity index (χ3n) is 8.94. The quantitative estimate of drug-likeness (QED) is 0.348. The van der Waals surface area contributed by atoms with Crippen molar-refractivity contribution in [1.82, 2.24) is 25.5 Å². The molecule has 6 rings (SSSR count). The summed E-state index contributed by atoms with van der Waals surface area (Å²) in [5.74, 6) is 1.68. The van der Waals surface area contributed by atoms with Crippen LogP contribution in [0.2, 0.25) is 0 Å². The van der Waals surface area contributed by atoms with E-state index in [1.165, 1.54) is 0 Å². The number of nitrogens with one attached hydrogen (secondary N) is 3. The number of ether oxygens (including phenoxy) is 1. The summed E-state index contributed by atoms with van der Waals surface area (Å²) in [7, 11) is 1.79. The van der Waals surface area contributed by atoms with Crippen molar-refractivity contribution in [3.8, 4) is 5.75 Å². The highest BCUT2D eigenvalue weighted by molar-refractivity contribution is 6.04. The van der Waals surface area contributed by atoms with E-state index < -0.39 is 6.10 Å². The minimum atomic E-state index is -0.635. The molecule has 1 aromatic heterocycles. The summed E-state index contributed by atoms with van der Waals surface area (Å²) in [5, 5.41) is 20.0. The van der Waals surface area contributed by atoms with Crippen molar-refractivity contribution in [1.29, 1.82) is 0 Å². The van der Waals surface area contributed by atoms with Gasteiger partial charge in [-0.2, -0.15) is 4.98 Å². The van der Waals surface area contributed by atoms with Gasteiger partial charge in [0, 0.05) is 69.9 Å². The molecule has 12 heteroatoms. The van der Waals surface area contributed by atoms with E-state index >= 15 is 0 Å². The smallest absolute Gasteiger partial charge is 0.251 e. The van der Waals surface area contributed by atoms with Crippen LogP contribution >= 0.6 is 0 Å². The number of rotatable bonds is 9. The molecule has 2 atom stereocenters. The first-order valence-corrected chi connectivity index (χ1v) is 15.3. The van der Waals surface area contributed by atoms with Gasteiger partial charge in [-0.3, -0.25) is 14.5 Å². The van der Waals surface area contributed by atoms with Crippen LogP contribution in [0, 0.1) is 0 Å². The normalized spacial score (nSPS) is 21.6. The molecule has 226 valence electrons. The Labute approximate surface area is 246 Å². The number of β-amino-alcohol motifs (C(OH)–C–C–N with tert-alkyl or cyclic N) is 1. The number of aromatic nitrogens is 2. The summed E-state index contributed by atoms with van der Waals surface area (Å²) in [6.45, 7) is 6.87. The highest BCUT2D eigenvalue weighted by Gasteiger charge is 2.41. The Hall–Kier alpha value is -3.48. The van der Waals surface area contributed by atoms with Gasteiger partial charge in [0.25, 0.3) is 5.91 Å². The average molecular weight is 579 g/mol. The number of hydrogen-bond acceptors (Lipinski definition) is 10. The van der Waals surface area contributed by atoms with Gasteiger partial charge in [-0.15, -0.1) is 0 Å². The third kappa shape index (κ3) is 5.62. The van der Waals surface area contributed by atoms with Gasteiger partial charge in [-0.25, -0.2) is 4.98 Å². The van der Waals surface area contributed by atoms with Crippen molar-refractivity contribution >= 4 is 35.0 Å². The zero-order chi connectivity index (χ0) is 29.2. The predicted octanol–water partition coefficient (Wildman–Crippen LogP) is 1.66. The van der Waals surface area contributed by atoms with Crippen LogP contribution in [0.4, 0.5) is 23.1 Å². The molecule has 2 amide bonds. The summed E-state index contributed by atoms with van der Waals surface area (Å²) >= 11 is 0. The zero-order valence-electron chi connectivity index (χ0n) is 24.6. The van der Waals surface area contributed by atoms with E-state index in [0.717, 1.165) is 68.9 Å². The number of hydrogen-bond donors (Lipinski definition) is 4. The van der Waals surface area contributed by atoms with Crippen LogP contribution in [0.1, 0.15) is 54.9 Å². The fourth-order valence-corrected chi connectivity index (χ4v) is 6.73. The van der Waals surface area contributed by atoms with Crippen LogP contribution in [0.3, 0.4) is 0 Å². The lowest BCUT2D eigenvalue weighted by Crippen LogP contribution is -2.55. The molecule has 0 spiro atoms. The van der Waals surface area contributed by atoms with Crippen molar-refractivity contribution in [3.63, 3.8) is 0 Å². The van der Waals surface area contributed by atoms with Crippen molar-refractivity contribution in [2.75, 3.05) is 68.0 Å². The number of aliphatic hydroxyl groups excluding tert-OH is 1. The molecule has 12 nitrogen and oxygen atoms in total. The van der Waals surface area contributed by atoms with E-state index in [9.17, 15) is 14.7 Å². The average Bonchev–Trinajstić information content (AvgIpc) is 3.72. The molecule has 4 aliphatic rings. The van der Waals surface area contributed by atoms with Crippen LogP contribution < -0.4 is 30.5 Å². The molecule has 1 aromatic carbocycles. The third-order valence-corrected chi connectivity index (χ3v) is 8.94. The fraction of sp³-hybridized carbons (Fsp3) is 0.600. The Bertz CT molecular complexity index is 1310. The van der Waals surface area contributed by atoms with Gasteiger partial charge >= 0.3 is 0 Å². The number of amides is 2. The zero-order valence-corrected chi connectivity index (χ0v) is 24.6. The summed E-state index contributed by atoms with van der Waals surface area (Å²) in [6.07, 6.45) is 6.83. The molecule has 0 unspecified atom stereocenters. The first kappa shape index (κ1) is 28.6. The molecule has 42 heavy (non-hydrogen) atoms. The number of anilines is 4. The number of aliphatic hydroxyl groups is 1. The van der Waals surface area contributed by atoms with E-state index in [4.69, 9.17) is 9.72 Å². The van der Waals surface area contributed by atoms with Crippen LogP contribution in [-0.4, -0.2) is 103 Å². The lowest BCUT2D eigenvalue weighted by Gasteiger charge is -2.43. The molecule has 2 fully saturated rings. The fourth-order valence-electron chi connectivity index (χ4n) is 6.73. The van der Waals surface area contributed by atoms with Gasteiger partial charge in [0.05, 0.1) is 24.6 Å². The SMILES string of the molecule is CC[C@@H]1C(=O)N(C)c2cnc(Nc3ccc(C(=O)NC[C@H](O)CN4CCNCC4)c4c3OCC4)nc2N1C1CCCC1. The Morgan fingerprint density at radius 1 is 1.24 bits per heavy atom. The Morgan fingerprint density at radius 3 is 2.79 bits per heavy atom. The van der Waals surface area contributed by atoms with Crippen LogP contribution in [0.25, 0.3) is 0 Å². The number of carbonyl (C=O) groups excluding carboxylic acids is 2. The largest absolute Gasteiger partial charge is 0.491 e. The maximum absolute atomic E-state index is 13.2. The molecule has 0 radical (unpaired) electrons. The van der Waals surface area contributed by atoms with Crippen molar-refractivity contribution in [2.24, 2.45) is 0 Å². The molecular formula is C30H42N8O4. The van der Waals surface area contributed by atoms with Gasteiger partial charge in [-0.05, 0) is 31.4 Å². The minimum absolute atomic E-state index is 0.0811. The lowest BCUT2D eigenvalue weighted by molar-refractivity contribution is -0.120. The van der Waals surface area contributed by atoms with E-state index in [1.54, 1.807) is 24.2 Å². The standard InChI is InChI=1S/C30H42N8O4/c1-3-24-29(41)36(2)25-17-33-30(35-27(25)38(24)19-6-4-5-7-19)34-23-9-8-22(21-10-15-42-26(21)23)28(40)32-16-20(39)18-37-13-11-31-12-14-37/h8-9,17,19-20,24,31,39H,3-7,10-16,18H2,1-2H3,(H,32,40)(H,33,34,35)/t20-,24+/m0/s1. The first-order valence-electron chi connectivity index (χ1n) is 15.3. The molecule has 2 aromatic rings. The minimum Gasteiger partial charge on any atom is -0.491 e. The van der Waals surface area contributed by atoms with Crippen LogP contribution in [-0.2, 0) is 11.2 Å². The molecule has 1 aliphatic carbocycles. The van der Waals surface area contributed by atoms with Gasteiger partial charge in [0.1, 0.15) is 17.5 Å². The molecule has 3 aliphatic heterocycles. The van der Waals surface area contributed by atoms with E-state index in [2.05, 4.69) is 37.7 Å².